The van der Waals surface area contributed by atoms with Crippen molar-refractivity contribution < 1.29 is 54.9 Å². The van der Waals surface area contributed by atoms with Crippen LogP contribution in [0.1, 0.15) is 11.1 Å². The standard InChI is InChI=1S/C14H12O3.C2HF3O2.3C2H8N2.Co/c15-13(16)14(17,11-7-3-1-4-8-11)12-9-5-2-6-10-12;3-2(4,5)1(6)7;3*3-1-2-4;/h1-10,17H,(H,15,16);(H,6,7);3*1-4H2;/q;;;;;+3/p-2. The average Bonchev–Trinajstić information content (AvgIpc) is 2.89. The first-order valence-corrected chi connectivity index (χ1v) is 10.4. The van der Waals surface area contributed by atoms with E-state index in [1.165, 1.54) is 0 Å². The Morgan fingerprint density at radius 2 is 0.838 bits per heavy atom. The topological polar surface area (TPSA) is 257 Å². The molecule has 13 N–H and O–H groups in total. The van der Waals surface area contributed by atoms with Gasteiger partial charge in [0, 0.05) is 39.3 Å². The van der Waals surface area contributed by atoms with E-state index in [9.17, 15) is 28.2 Å². The molecule has 0 aromatic heterocycles. The number of alkyl halides is 3. The molecule has 0 aliphatic rings. The molecule has 2 rings (SSSR count). The average molecular weight is 579 g/mol. The maximum Gasteiger partial charge on any atom is 3.00 e. The minimum atomic E-state index is -5.19. The van der Waals surface area contributed by atoms with Gasteiger partial charge < -0.3 is 59.3 Å². The van der Waals surface area contributed by atoms with Gasteiger partial charge in [-0.1, -0.05) is 60.7 Å². The van der Waals surface area contributed by atoms with E-state index in [-0.39, 0.29) is 27.9 Å². The van der Waals surface area contributed by atoms with Gasteiger partial charge >= 0.3 is 23.0 Å². The maximum absolute atomic E-state index is 11.3. The Kier molecular flexibility index (Phi) is 28.1. The van der Waals surface area contributed by atoms with Crippen LogP contribution in [-0.4, -0.2) is 62.5 Å². The number of hydrogen-bond acceptors (Lipinski definition) is 11. The minimum absolute atomic E-state index is 0. The molecular formula is C22H35CoF3N6O5+. The van der Waals surface area contributed by atoms with E-state index in [0.29, 0.717) is 39.3 Å². The second kappa shape index (κ2) is 25.1. The molecule has 2 aromatic carbocycles. The molecule has 2 aromatic rings. The maximum atomic E-state index is 11.3. The van der Waals surface area contributed by atoms with Gasteiger partial charge in [0.2, 0.25) is 0 Å². The molecule has 0 unspecified atom stereocenters. The zero-order valence-electron chi connectivity index (χ0n) is 20.0. The van der Waals surface area contributed by atoms with E-state index >= 15 is 0 Å². The fourth-order valence-corrected chi connectivity index (χ4v) is 1.76. The van der Waals surface area contributed by atoms with Gasteiger partial charge in [0.05, 0.1) is 5.97 Å². The Hall–Kier alpha value is -2.60. The monoisotopic (exact) mass is 579 g/mol. The number of aliphatic carboxylic acids is 2. The first-order chi connectivity index (χ1) is 16.8. The number of carboxylic acids is 2. The van der Waals surface area contributed by atoms with Crippen LogP contribution in [-0.2, 0) is 32.0 Å². The van der Waals surface area contributed by atoms with Gasteiger partial charge in [0.25, 0.3) is 0 Å². The van der Waals surface area contributed by atoms with E-state index in [0.717, 1.165) is 0 Å². The molecule has 0 atom stereocenters. The van der Waals surface area contributed by atoms with Gasteiger partial charge in [-0.3, -0.25) is 0 Å². The summed E-state index contributed by atoms with van der Waals surface area (Å²) in [5, 5.41) is 30.4. The zero-order valence-corrected chi connectivity index (χ0v) is 21.1. The van der Waals surface area contributed by atoms with Crippen molar-refractivity contribution in [2.45, 2.75) is 11.8 Å². The predicted molar refractivity (Wildman–Crippen MR) is 126 cm³/mol. The predicted octanol–water partition coefficient (Wildman–Crippen LogP) is -3.32. The van der Waals surface area contributed by atoms with Crippen LogP contribution in [0.25, 0.3) is 0 Å². The van der Waals surface area contributed by atoms with Crippen molar-refractivity contribution in [3.05, 3.63) is 71.8 Å². The summed E-state index contributed by atoms with van der Waals surface area (Å²) in [6.07, 6.45) is -5.19. The summed E-state index contributed by atoms with van der Waals surface area (Å²) < 4.78 is 31.5. The Bertz CT molecular complexity index is 751. The number of nitrogens with two attached hydrogens (primary N) is 6. The smallest absolute Gasteiger partial charge is 0.546 e. The summed E-state index contributed by atoms with van der Waals surface area (Å²) in [5.74, 6) is -4.54. The van der Waals surface area contributed by atoms with Crippen LogP contribution in [0.5, 0.6) is 0 Å². The molecule has 0 fully saturated rings. The van der Waals surface area contributed by atoms with Gasteiger partial charge in [0.1, 0.15) is 5.97 Å². The van der Waals surface area contributed by atoms with Crippen molar-refractivity contribution >= 4 is 11.9 Å². The van der Waals surface area contributed by atoms with Crippen LogP contribution < -0.4 is 44.6 Å². The first kappa shape index (κ1) is 41.5. The Balaban J connectivity index is -0.000000226. The molecule has 37 heavy (non-hydrogen) atoms. The van der Waals surface area contributed by atoms with Crippen molar-refractivity contribution in [2.24, 2.45) is 34.4 Å². The SMILES string of the molecule is NCCN.NCCN.NCCN.O=C([O-])C(F)(F)F.O=C([O-])C(O)(c1ccccc1)c1ccccc1.[Co+3]. The molecule has 0 bridgehead atoms. The molecule has 0 aliphatic heterocycles. The van der Waals surface area contributed by atoms with Gasteiger partial charge in [-0.2, -0.15) is 13.2 Å². The summed E-state index contributed by atoms with van der Waals surface area (Å²) in [6.45, 7) is 3.58. The molecule has 0 aliphatic carbocycles. The minimum Gasteiger partial charge on any atom is -0.546 e. The number of carbonyl (C=O) groups is 2. The third-order valence-electron chi connectivity index (χ3n) is 3.41. The Labute approximate surface area is 224 Å². The van der Waals surface area contributed by atoms with Gasteiger partial charge in [-0.15, -0.1) is 0 Å². The van der Waals surface area contributed by atoms with Crippen molar-refractivity contribution in [3.8, 4) is 0 Å². The molecule has 212 valence electrons. The summed E-state index contributed by atoms with van der Waals surface area (Å²) in [7, 11) is 0. The van der Waals surface area contributed by atoms with E-state index < -0.39 is 23.7 Å². The van der Waals surface area contributed by atoms with Gasteiger partial charge in [-0.05, 0) is 11.1 Å². The number of carboxylic acid groups (broad SMARTS) is 2. The number of aliphatic hydroxyl groups is 1. The van der Waals surface area contributed by atoms with Crippen molar-refractivity contribution in [1.82, 2.24) is 0 Å². The second-order valence-electron chi connectivity index (χ2n) is 6.25. The molecule has 0 radical (unpaired) electrons. The molecule has 0 amide bonds. The molecule has 0 spiro atoms. The largest absolute Gasteiger partial charge is 3.00 e. The number of carbonyl (C=O) groups excluding carboxylic acids is 2. The van der Waals surface area contributed by atoms with Crippen LogP contribution >= 0.6 is 0 Å². The van der Waals surface area contributed by atoms with E-state index in [2.05, 4.69) is 0 Å². The van der Waals surface area contributed by atoms with Crippen LogP contribution in [0.15, 0.2) is 60.7 Å². The van der Waals surface area contributed by atoms with Crippen LogP contribution in [0.3, 0.4) is 0 Å². The summed E-state index contributed by atoms with van der Waals surface area (Å²) >= 11 is 0. The third kappa shape index (κ3) is 20.2. The summed E-state index contributed by atoms with van der Waals surface area (Å²) in [4.78, 5) is 20.0. The van der Waals surface area contributed by atoms with Crippen molar-refractivity contribution in [1.29, 1.82) is 0 Å². The Morgan fingerprint density at radius 3 is 0.973 bits per heavy atom. The first-order valence-electron chi connectivity index (χ1n) is 10.4. The molecule has 0 heterocycles. The van der Waals surface area contributed by atoms with Gasteiger partial charge in [-0.25, -0.2) is 0 Å². The van der Waals surface area contributed by atoms with E-state index in [4.69, 9.17) is 44.3 Å². The molecule has 15 heteroatoms. The second-order valence-corrected chi connectivity index (χ2v) is 6.25. The summed E-state index contributed by atoms with van der Waals surface area (Å²) in [6, 6.07) is 16.4. The van der Waals surface area contributed by atoms with Crippen molar-refractivity contribution in [2.75, 3.05) is 39.3 Å². The third-order valence-corrected chi connectivity index (χ3v) is 3.41. The van der Waals surface area contributed by atoms with E-state index in [1.54, 1.807) is 60.7 Å². The number of benzene rings is 2. The van der Waals surface area contributed by atoms with Crippen LogP contribution in [0.2, 0.25) is 0 Å². The zero-order chi connectivity index (χ0) is 28.6. The van der Waals surface area contributed by atoms with Crippen LogP contribution in [0, 0.1) is 0 Å². The molecule has 0 saturated heterocycles. The van der Waals surface area contributed by atoms with Gasteiger partial charge in [0.15, 0.2) is 5.60 Å². The fourth-order valence-electron chi connectivity index (χ4n) is 1.76. The number of hydrogen-bond donors (Lipinski definition) is 7. The fraction of sp³-hybridized carbons (Fsp3) is 0.364. The normalized spacial score (nSPS) is 9.68. The number of rotatable bonds is 6. The molecule has 0 saturated carbocycles. The molecule has 11 nitrogen and oxygen atoms in total. The number of halogens is 3. The quantitative estimate of drug-likeness (QED) is 0.178. The van der Waals surface area contributed by atoms with Crippen molar-refractivity contribution in [3.63, 3.8) is 0 Å². The summed E-state index contributed by atoms with van der Waals surface area (Å²) in [5.41, 5.74) is 27.9. The molecular weight excluding hydrogens is 544 g/mol. The Morgan fingerprint density at radius 1 is 0.622 bits per heavy atom. The van der Waals surface area contributed by atoms with E-state index in [1.807, 2.05) is 0 Å². The van der Waals surface area contributed by atoms with Crippen LogP contribution in [0.4, 0.5) is 13.2 Å².